The summed E-state index contributed by atoms with van der Waals surface area (Å²) in [6.45, 7) is 4.00. The van der Waals surface area contributed by atoms with Crippen molar-refractivity contribution in [3.8, 4) is 11.5 Å². The van der Waals surface area contributed by atoms with Crippen LogP contribution >= 0.6 is 27.3 Å². The Morgan fingerprint density at radius 1 is 1.12 bits per heavy atom. The number of hydrogen-bond donors (Lipinski definition) is 1. The van der Waals surface area contributed by atoms with Crippen molar-refractivity contribution >= 4 is 44.0 Å². The summed E-state index contributed by atoms with van der Waals surface area (Å²) in [5, 5.41) is 4.39. The van der Waals surface area contributed by atoms with Crippen molar-refractivity contribution in [3.05, 3.63) is 38.8 Å². The fourth-order valence-electron chi connectivity index (χ4n) is 2.52. The first kappa shape index (κ1) is 17.0. The number of thiophene rings is 1. The van der Waals surface area contributed by atoms with Gasteiger partial charge in [-0.25, -0.2) is 9.97 Å². The lowest BCUT2D eigenvalue weighted by Gasteiger charge is -2.16. The predicted octanol–water partition coefficient (Wildman–Crippen LogP) is 4.95. The van der Waals surface area contributed by atoms with Gasteiger partial charge < -0.3 is 14.8 Å². The standard InChI is InChI=1S/C17H18BrN3O2S/c1-9(15-5-6-16(18)24-15)19-17-11-7-13(22-3)14(23-4)8-12(11)20-10(2)21-17/h5-9H,1-4H3,(H,19,20,21). The van der Waals surface area contributed by atoms with Crippen LogP contribution in [0.15, 0.2) is 28.1 Å². The van der Waals surface area contributed by atoms with Gasteiger partial charge in [0.25, 0.3) is 0 Å². The second kappa shape index (κ2) is 6.94. The van der Waals surface area contributed by atoms with E-state index in [2.05, 4.69) is 50.3 Å². The monoisotopic (exact) mass is 407 g/mol. The Hall–Kier alpha value is -1.86. The molecular formula is C17H18BrN3O2S. The molecule has 3 aromatic rings. The molecule has 0 aliphatic carbocycles. The molecule has 0 saturated carbocycles. The second-order valence-electron chi connectivity index (χ2n) is 5.35. The van der Waals surface area contributed by atoms with Gasteiger partial charge in [-0.2, -0.15) is 0 Å². The van der Waals surface area contributed by atoms with E-state index in [9.17, 15) is 0 Å². The van der Waals surface area contributed by atoms with E-state index in [1.807, 2.05) is 19.1 Å². The summed E-state index contributed by atoms with van der Waals surface area (Å²) < 4.78 is 11.9. The molecule has 0 radical (unpaired) electrons. The molecule has 7 heteroatoms. The number of ether oxygens (including phenoxy) is 2. The third-order valence-electron chi connectivity index (χ3n) is 3.69. The number of hydrogen-bond acceptors (Lipinski definition) is 6. The quantitative estimate of drug-likeness (QED) is 0.647. The van der Waals surface area contributed by atoms with Crippen LogP contribution in [-0.4, -0.2) is 24.2 Å². The van der Waals surface area contributed by atoms with Gasteiger partial charge in [-0.05, 0) is 48.0 Å². The third-order valence-corrected chi connectivity index (χ3v) is 5.49. The molecule has 1 atom stereocenters. The van der Waals surface area contributed by atoms with Gasteiger partial charge >= 0.3 is 0 Å². The van der Waals surface area contributed by atoms with Gasteiger partial charge in [0.15, 0.2) is 11.5 Å². The molecule has 24 heavy (non-hydrogen) atoms. The fourth-order valence-corrected chi connectivity index (χ4v) is 3.94. The maximum absolute atomic E-state index is 5.41. The first-order valence-corrected chi connectivity index (χ1v) is 9.05. The lowest BCUT2D eigenvalue weighted by atomic mass is 10.2. The molecule has 2 aromatic heterocycles. The van der Waals surface area contributed by atoms with Crippen molar-refractivity contribution in [2.45, 2.75) is 19.9 Å². The normalized spacial score (nSPS) is 12.2. The van der Waals surface area contributed by atoms with Crippen LogP contribution in [0.3, 0.4) is 0 Å². The number of fused-ring (bicyclic) bond motifs is 1. The maximum Gasteiger partial charge on any atom is 0.162 e. The molecule has 126 valence electrons. The number of aromatic nitrogens is 2. The topological polar surface area (TPSA) is 56.3 Å². The van der Waals surface area contributed by atoms with E-state index >= 15 is 0 Å². The number of benzene rings is 1. The number of anilines is 1. The Morgan fingerprint density at radius 3 is 2.46 bits per heavy atom. The van der Waals surface area contributed by atoms with Gasteiger partial charge in [-0.1, -0.05) is 0 Å². The van der Waals surface area contributed by atoms with Gasteiger partial charge in [-0.15, -0.1) is 11.3 Å². The zero-order valence-electron chi connectivity index (χ0n) is 13.9. The van der Waals surface area contributed by atoms with Gasteiger partial charge in [-0.3, -0.25) is 0 Å². The summed E-state index contributed by atoms with van der Waals surface area (Å²) >= 11 is 5.21. The van der Waals surface area contributed by atoms with Crippen LogP contribution < -0.4 is 14.8 Å². The van der Waals surface area contributed by atoms with Crippen LogP contribution in [0.1, 0.15) is 23.7 Å². The lowest BCUT2D eigenvalue weighted by molar-refractivity contribution is 0.356. The number of nitrogens with one attached hydrogen (secondary N) is 1. The van der Waals surface area contributed by atoms with E-state index in [4.69, 9.17) is 9.47 Å². The number of nitrogens with zero attached hydrogens (tertiary/aromatic N) is 2. The first-order chi connectivity index (χ1) is 11.5. The minimum atomic E-state index is 0.131. The highest BCUT2D eigenvalue weighted by Crippen LogP contribution is 2.36. The molecule has 0 spiro atoms. The Balaban J connectivity index is 2.06. The van der Waals surface area contributed by atoms with E-state index in [0.717, 1.165) is 20.5 Å². The van der Waals surface area contributed by atoms with Crippen molar-refractivity contribution in [3.63, 3.8) is 0 Å². The largest absolute Gasteiger partial charge is 0.493 e. The minimum Gasteiger partial charge on any atom is -0.493 e. The zero-order valence-corrected chi connectivity index (χ0v) is 16.3. The van der Waals surface area contributed by atoms with Crippen molar-refractivity contribution in [1.29, 1.82) is 0 Å². The summed E-state index contributed by atoms with van der Waals surface area (Å²) in [4.78, 5) is 10.3. The van der Waals surface area contributed by atoms with E-state index in [1.165, 1.54) is 4.88 Å². The number of methoxy groups -OCH3 is 2. The molecule has 5 nitrogen and oxygen atoms in total. The highest BCUT2D eigenvalue weighted by atomic mass is 79.9. The zero-order chi connectivity index (χ0) is 17.3. The van der Waals surface area contributed by atoms with Gasteiger partial charge in [0.1, 0.15) is 11.6 Å². The molecular weight excluding hydrogens is 390 g/mol. The molecule has 0 fully saturated rings. The van der Waals surface area contributed by atoms with E-state index in [0.29, 0.717) is 17.3 Å². The minimum absolute atomic E-state index is 0.131. The molecule has 0 aliphatic rings. The summed E-state index contributed by atoms with van der Waals surface area (Å²) in [6.07, 6.45) is 0. The Morgan fingerprint density at radius 2 is 1.83 bits per heavy atom. The molecule has 0 aliphatic heterocycles. The van der Waals surface area contributed by atoms with Crippen LogP contribution in [0.2, 0.25) is 0 Å². The fraction of sp³-hybridized carbons (Fsp3) is 0.294. The summed E-state index contributed by atoms with van der Waals surface area (Å²) in [5.41, 5.74) is 0.821. The highest BCUT2D eigenvalue weighted by molar-refractivity contribution is 9.11. The maximum atomic E-state index is 5.41. The number of aryl methyl sites for hydroxylation is 1. The first-order valence-electron chi connectivity index (χ1n) is 7.44. The summed E-state index contributed by atoms with van der Waals surface area (Å²) in [6, 6.07) is 8.07. The summed E-state index contributed by atoms with van der Waals surface area (Å²) in [5.74, 6) is 2.81. The molecule has 3 rings (SSSR count). The van der Waals surface area contributed by atoms with Gasteiger partial charge in [0.2, 0.25) is 0 Å². The highest BCUT2D eigenvalue weighted by Gasteiger charge is 2.15. The Labute approximate surface area is 153 Å². The molecule has 0 saturated heterocycles. The van der Waals surface area contributed by atoms with Crippen LogP contribution in [0.4, 0.5) is 5.82 Å². The van der Waals surface area contributed by atoms with Gasteiger partial charge in [0, 0.05) is 16.3 Å². The predicted molar refractivity (Wildman–Crippen MR) is 101 cm³/mol. The average Bonchev–Trinajstić information content (AvgIpc) is 3.00. The SMILES string of the molecule is COc1cc2nc(C)nc(NC(C)c3ccc(Br)s3)c2cc1OC. The van der Waals surface area contributed by atoms with Crippen molar-refractivity contribution in [1.82, 2.24) is 9.97 Å². The van der Waals surface area contributed by atoms with Crippen molar-refractivity contribution in [2.75, 3.05) is 19.5 Å². The van der Waals surface area contributed by atoms with Crippen molar-refractivity contribution < 1.29 is 9.47 Å². The van der Waals surface area contributed by atoms with Crippen LogP contribution in [-0.2, 0) is 0 Å². The van der Waals surface area contributed by atoms with E-state index < -0.39 is 0 Å². The number of halogens is 1. The molecule has 1 unspecified atom stereocenters. The molecule has 0 amide bonds. The molecule has 1 N–H and O–H groups in total. The van der Waals surface area contributed by atoms with Crippen LogP contribution in [0, 0.1) is 6.92 Å². The Bertz CT molecular complexity index is 882. The Kier molecular flexibility index (Phi) is 4.91. The summed E-state index contributed by atoms with van der Waals surface area (Å²) in [7, 11) is 3.24. The second-order valence-corrected chi connectivity index (χ2v) is 7.85. The van der Waals surface area contributed by atoms with Crippen LogP contribution in [0.25, 0.3) is 10.9 Å². The van der Waals surface area contributed by atoms with E-state index in [1.54, 1.807) is 25.6 Å². The third kappa shape index (κ3) is 3.32. The molecule has 0 bridgehead atoms. The van der Waals surface area contributed by atoms with Crippen LogP contribution in [0.5, 0.6) is 11.5 Å². The average molecular weight is 408 g/mol. The van der Waals surface area contributed by atoms with Crippen molar-refractivity contribution in [2.24, 2.45) is 0 Å². The number of rotatable bonds is 5. The van der Waals surface area contributed by atoms with Gasteiger partial charge in [0.05, 0.1) is 29.6 Å². The lowest BCUT2D eigenvalue weighted by Crippen LogP contribution is -2.08. The van der Waals surface area contributed by atoms with E-state index in [-0.39, 0.29) is 6.04 Å². The smallest absolute Gasteiger partial charge is 0.162 e. The molecule has 1 aromatic carbocycles. The molecule has 2 heterocycles.